The van der Waals surface area contributed by atoms with Gasteiger partial charge in [0.1, 0.15) is 6.17 Å². The van der Waals surface area contributed by atoms with Crippen molar-refractivity contribution in [1.29, 1.82) is 0 Å². The molecule has 1 aliphatic rings. The van der Waals surface area contributed by atoms with Crippen molar-refractivity contribution in [2.75, 3.05) is 0 Å². The van der Waals surface area contributed by atoms with E-state index in [9.17, 15) is 4.39 Å². The normalized spacial score (nSPS) is 30.3. The van der Waals surface area contributed by atoms with Gasteiger partial charge in [0.25, 0.3) is 0 Å². The minimum absolute atomic E-state index is 0.134. The maximum atomic E-state index is 12.9. The van der Waals surface area contributed by atoms with Gasteiger partial charge in [-0.3, -0.25) is 0 Å². The van der Waals surface area contributed by atoms with Crippen molar-refractivity contribution < 1.29 is 4.39 Å². The molecule has 65 valence electrons. The summed E-state index contributed by atoms with van der Waals surface area (Å²) in [5.41, 5.74) is 0.428. The molecule has 0 atom stereocenters. The summed E-state index contributed by atoms with van der Waals surface area (Å²) >= 11 is 0. The molecule has 1 fully saturated rings. The van der Waals surface area contributed by atoms with E-state index in [1.807, 2.05) is 0 Å². The van der Waals surface area contributed by atoms with Gasteiger partial charge in [-0.1, -0.05) is 27.7 Å². The highest BCUT2D eigenvalue weighted by Gasteiger charge is 2.42. The van der Waals surface area contributed by atoms with Crippen LogP contribution in [0.25, 0.3) is 0 Å². The van der Waals surface area contributed by atoms with E-state index in [0.29, 0.717) is 18.3 Å². The molecule has 0 spiro atoms. The Bertz CT molecular complexity index is 147. The highest BCUT2D eigenvalue weighted by Crippen LogP contribution is 2.52. The fourth-order valence-electron chi connectivity index (χ4n) is 1.59. The molecule has 1 saturated carbocycles. The van der Waals surface area contributed by atoms with Crippen LogP contribution in [0.3, 0.4) is 0 Å². The van der Waals surface area contributed by atoms with Crippen molar-refractivity contribution >= 4 is 0 Å². The lowest BCUT2D eigenvalue weighted by Crippen LogP contribution is -2.37. The Morgan fingerprint density at radius 3 is 2.00 bits per heavy atom. The minimum atomic E-state index is 0.134. The zero-order valence-corrected chi connectivity index (χ0v) is 8.00. The largest absolute Gasteiger partial charge is 0.240 e. The van der Waals surface area contributed by atoms with Crippen LogP contribution in [0.1, 0.15) is 47.0 Å². The van der Waals surface area contributed by atoms with Crippen molar-refractivity contribution in [1.82, 2.24) is 0 Å². The van der Waals surface area contributed by atoms with Crippen molar-refractivity contribution in [2.45, 2.75) is 47.0 Å². The summed E-state index contributed by atoms with van der Waals surface area (Å²) in [5.74, 6) is 0. The number of hydrogen-bond acceptors (Lipinski definition) is 0. The van der Waals surface area contributed by atoms with Crippen LogP contribution in [0.15, 0.2) is 0 Å². The van der Waals surface area contributed by atoms with Gasteiger partial charge in [-0.15, -0.1) is 0 Å². The second-order valence-corrected chi connectivity index (χ2v) is 4.96. The first kappa shape index (κ1) is 9.02. The van der Waals surface area contributed by atoms with E-state index < -0.39 is 0 Å². The fourth-order valence-corrected chi connectivity index (χ4v) is 1.59. The molecule has 1 radical (unpaired) electrons. The van der Waals surface area contributed by atoms with Crippen LogP contribution in [0.4, 0.5) is 4.39 Å². The van der Waals surface area contributed by atoms with Crippen LogP contribution in [0, 0.1) is 17.0 Å². The first-order valence-corrected chi connectivity index (χ1v) is 4.35. The van der Waals surface area contributed by atoms with Crippen molar-refractivity contribution in [3.63, 3.8) is 0 Å². The molecule has 0 aliphatic heterocycles. The average Bonchev–Trinajstić information content (AvgIpc) is 1.80. The molecule has 0 saturated heterocycles. The maximum Gasteiger partial charge on any atom is 0.145 e. The Balaban J connectivity index is 2.72. The molecule has 0 aromatic rings. The zero-order chi connectivity index (χ0) is 8.70. The van der Waals surface area contributed by atoms with Crippen LogP contribution < -0.4 is 0 Å². The molecule has 0 heterocycles. The second kappa shape index (κ2) is 2.46. The van der Waals surface area contributed by atoms with Gasteiger partial charge in [0.05, 0.1) is 0 Å². The van der Waals surface area contributed by atoms with Crippen molar-refractivity contribution in [3.05, 3.63) is 6.17 Å². The second-order valence-electron chi connectivity index (χ2n) is 4.96. The van der Waals surface area contributed by atoms with E-state index in [4.69, 9.17) is 0 Å². The third kappa shape index (κ3) is 1.57. The Labute approximate surface area is 69.2 Å². The summed E-state index contributed by atoms with van der Waals surface area (Å²) in [6.07, 6.45) is 2.51. The lowest BCUT2D eigenvalue weighted by Gasteiger charge is -2.46. The van der Waals surface area contributed by atoms with E-state index in [1.54, 1.807) is 0 Å². The summed E-state index contributed by atoms with van der Waals surface area (Å²) in [7, 11) is 0. The van der Waals surface area contributed by atoms with Crippen LogP contribution in [0.2, 0.25) is 0 Å². The molecular weight excluding hydrogens is 139 g/mol. The van der Waals surface area contributed by atoms with Gasteiger partial charge in [0.2, 0.25) is 0 Å². The zero-order valence-electron chi connectivity index (χ0n) is 8.00. The molecule has 0 unspecified atom stereocenters. The first-order valence-electron chi connectivity index (χ1n) is 4.35. The molecule has 1 rings (SSSR count). The molecule has 0 nitrogen and oxygen atoms in total. The smallest absolute Gasteiger partial charge is 0.145 e. The lowest BCUT2D eigenvalue weighted by atomic mass is 9.59. The average molecular weight is 157 g/mol. The molecule has 11 heavy (non-hydrogen) atoms. The van der Waals surface area contributed by atoms with Gasteiger partial charge in [-0.25, -0.2) is 4.39 Å². The van der Waals surface area contributed by atoms with E-state index in [-0.39, 0.29) is 11.6 Å². The van der Waals surface area contributed by atoms with Crippen LogP contribution in [-0.2, 0) is 0 Å². The van der Waals surface area contributed by atoms with Gasteiger partial charge in [0, 0.05) is 0 Å². The van der Waals surface area contributed by atoms with Gasteiger partial charge < -0.3 is 0 Å². The van der Waals surface area contributed by atoms with Crippen molar-refractivity contribution in [2.24, 2.45) is 10.8 Å². The Morgan fingerprint density at radius 1 is 1.09 bits per heavy atom. The van der Waals surface area contributed by atoms with Crippen LogP contribution in [-0.4, -0.2) is 0 Å². The standard InChI is InChI=1S/C10H18F/c1-9(2)6-5-8(11)7-10(9,3)4/h5-7H2,1-4H3. The third-order valence-corrected chi connectivity index (χ3v) is 3.49. The predicted octanol–water partition coefficient (Wildman–Crippen LogP) is 3.72. The Kier molecular flexibility index (Phi) is 2.02. The lowest BCUT2D eigenvalue weighted by molar-refractivity contribution is 0.0427. The molecule has 1 heteroatoms. The van der Waals surface area contributed by atoms with E-state index in [1.165, 1.54) is 0 Å². The van der Waals surface area contributed by atoms with E-state index in [2.05, 4.69) is 27.7 Å². The van der Waals surface area contributed by atoms with Gasteiger partial charge in [0.15, 0.2) is 0 Å². The van der Waals surface area contributed by atoms with Gasteiger partial charge in [-0.2, -0.15) is 0 Å². The number of rotatable bonds is 0. The van der Waals surface area contributed by atoms with E-state index >= 15 is 0 Å². The monoisotopic (exact) mass is 157 g/mol. The summed E-state index contributed by atoms with van der Waals surface area (Å²) < 4.78 is 12.9. The molecule has 0 amide bonds. The topological polar surface area (TPSA) is 0 Å². The molecule has 0 bridgehead atoms. The number of halogens is 1. The highest BCUT2D eigenvalue weighted by molar-refractivity contribution is 4.99. The van der Waals surface area contributed by atoms with Crippen LogP contribution in [0.5, 0.6) is 0 Å². The van der Waals surface area contributed by atoms with E-state index in [0.717, 1.165) is 6.42 Å². The van der Waals surface area contributed by atoms with Gasteiger partial charge in [-0.05, 0) is 30.1 Å². The summed E-state index contributed by atoms with van der Waals surface area (Å²) in [4.78, 5) is 0. The summed E-state index contributed by atoms with van der Waals surface area (Å²) in [6, 6.07) is 0. The quantitative estimate of drug-likeness (QED) is 0.502. The van der Waals surface area contributed by atoms with Crippen LogP contribution >= 0.6 is 0 Å². The van der Waals surface area contributed by atoms with Gasteiger partial charge >= 0.3 is 0 Å². The maximum absolute atomic E-state index is 12.9. The SMILES string of the molecule is CC1(C)CC[C](F)CC1(C)C. The molecular formula is C10H18F. The predicted molar refractivity (Wildman–Crippen MR) is 45.8 cm³/mol. The summed E-state index contributed by atoms with van der Waals surface area (Å²) in [6.45, 7) is 8.79. The third-order valence-electron chi connectivity index (χ3n) is 3.49. The number of hydrogen-bond donors (Lipinski definition) is 0. The first-order chi connectivity index (χ1) is 4.85. The highest BCUT2D eigenvalue weighted by atomic mass is 19.1. The fraction of sp³-hybridized carbons (Fsp3) is 0.900. The summed E-state index contributed by atoms with van der Waals surface area (Å²) in [5, 5.41) is 0. The molecule has 0 aromatic carbocycles. The molecule has 1 aliphatic carbocycles. The minimum Gasteiger partial charge on any atom is -0.240 e. The molecule has 0 aromatic heterocycles. The Hall–Kier alpha value is -0.0700. The molecule has 0 N–H and O–H groups in total. The Morgan fingerprint density at radius 2 is 1.64 bits per heavy atom. The van der Waals surface area contributed by atoms with Crippen molar-refractivity contribution in [3.8, 4) is 0 Å².